The van der Waals surface area contributed by atoms with Crippen LogP contribution in [0.1, 0.15) is 21.6 Å². The Morgan fingerprint density at radius 2 is 1.88 bits per heavy atom. The number of aryl methyl sites for hydroxylation is 1. The highest BCUT2D eigenvalue weighted by atomic mass is 16.5. The molecule has 0 radical (unpaired) electrons. The minimum Gasteiger partial charge on any atom is -0.497 e. The lowest BCUT2D eigenvalue weighted by molar-refractivity contribution is 0.102. The molecule has 0 spiro atoms. The van der Waals surface area contributed by atoms with Crippen LogP contribution in [0.4, 0.5) is 17.3 Å². The molecule has 3 aromatic rings. The summed E-state index contributed by atoms with van der Waals surface area (Å²) in [4.78, 5) is 21.0. The van der Waals surface area contributed by atoms with Crippen molar-refractivity contribution in [2.75, 3.05) is 17.7 Å². The van der Waals surface area contributed by atoms with Crippen molar-refractivity contribution in [3.05, 3.63) is 71.5 Å². The molecule has 1 amide bonds. The van der Waals surface area contributed by atoms with E-state index in [2.05, 4.69) is 20.6 Å². The van der Waals surface area contributed by atoms with E-state index >= 15 is 0 Å². The molecule has 1 aromatic heterocycles. The Balaban J connectivity index is 1.78. The van der Waals surface area contributed by atoms with E-state index in [-0.39, 0.29) is 11.6 Å². The monoisotopic (exact) mass is 348 g/mol. The summed E-state index contributed by atoms with van der Waals surface area (Å²) in [5, 5.41) is 5.98. The van der Waals surface area contributed by atoms with Gasteiger partial charge in [0, 0.05) is 23.6 Å². The standard InChI is InChI=1S/C20H20N4O2/c1-13-6-4-9-17(14(13)2)23-20-21-11-10-18(24-20)19(25)22-15-7-5-8-16(12-15)26-3/h4-12H,1-3H3,(H,22,25)(H,21,23,24). The minimum absolute atomic E-state index is 0.274. The molecule has 0 unspecified atom stereocenters. The molecule has 3 rings (SSSR count). The predicted octanol–water partition coefficient (Wildman–Crippen LogP) is 4.10. The average Bonchev–Trinajstić information content (AvgIpc) is 2.66. The molecule has 6 heteroatoms. The number of methoxy groups -OCH3 is 1. The molecule has 0 bridgehead atoms. The van der Waals surface area contributed by atoms with Crippen LogP contribution in [-0.2, 0) is 0 Å². The Morgan fingerprint density at radius 3 is 2.69 bits per heavy atom. The summed E-state index contributed by atoms with van der Waals surface area (Å²) >= 11 is 0. The van der Waals surface area contributed by atoms with Gasteiger partial charge in [-0.2, -0.15) is 0 Å². The van der Waals surface area contributed by atoms with Crippen LogP contribution in [-0.4, -0.2) is 23.0 Å². The van der Waals surface area contributed by atoms with Gasteiger partial charge in [0.2, 0.25) is 5.95 Å². The number of benzene rings is 2. The first-order valence-electron chi connectivity index (χ1n) is 8.18. The van der Waals surface area contributed by atoms with E-state index in [1.165, 1.54) is 5.56 Å². The first kappa shape index (κ1) is 17.4. The first-order chi connectivity index (χ1) is 12.6. The normalized spacial score (nSPS) is 10.3. The number of aromatic nitrogens is 2. The fourth-order valence-electron chi connectivity index (χ4n) is 2.45. The van der Waals surface area contributed by atoms with E-state index in [4.69, 9.17) is 4.74 Å². The third kappa shape index (κ3) is 3.97. The van der Waals surface area contributed by atoms with Gasteiger partial charge in [0.15, 0.2) is 0 Å². The zero-order valence-electron chi connectivity index (χ0n) is 14.9. The summed E-state index contributed by atoms with van der Waals surface area (Å²) in [6, 6.07) is 14.7. The summed E-state index contributed by atoms with van der Waals surface area (Å²) in [6.45, 7) is 4.07. The summed E-state index contributed by atoms with van der Waals surface area (Å²) < 4.78 is 5.16. The molecule has 132 valence electrons. The van der Waals surface area contributed by atoms with Crippen molar-refractivity contribution in [1.29, 1.82) is 0 Å². The van der Waals surface area contributed by atoms with E-state index in [1.807, 2.05) is 44.2 Å². The number of hydrogen-bond donors (Lipinski definition) is 2. The molecule has 0 aliphatic rings. The number of amides is 1. The highest BCUT2D eigenvalue weighted by Gasteiger charge is 2.11. The molecule has 2 N–H and O–H groups in total. The van der Waals surface area contributed by atoms with Crippen molar-refractivity contribution >= 4 is 23.2 Å². The molecule has 26 heavy (non-hydrogen) atoms. The number of carbonyl (C=O) groups excluding carboxylic acids is 1. The fourth-order valence-corrected chi connectivity index (χ4v) is 2.45. The topological polar surface area (TPSA) is 76.1 Å². The highest BCUT2D eigenvalue weighted by Crippen LogP contribution is 2.21. The van der Waals surface area contributed by atoms with Gasteiger partial charge in [-0.05, 0) is 49.2 Å². The predicted molar refractivity (Wildman–Crippen MR) is 102 cm³/mol. The van der Waals surface area contributed by atoms with Crippen molar-refractivity contribution in [3.8, 4) is 5.75 Å². The van der Waals surface area contributed by atoms with Crippen LogP contribution in [0.3, 0.4) is 0 Å². The number of nitrogens with one attached hydrogen (secondary N) is 2. The number of hydrogen-bond acceptors (Lipinski definition) is 5. The largest absolute Gasteiger partial charge is 0.497 e. The second kappa shape index (κ2) is 7.65. The van der Waals surface area contributed by atoms with Gasteiger partial charge in [0.1, 0.15) is 11.4 Å². The van der Waals surface area contributed by atoms with Crippen LogP contribution in [0, 0.1) is 13.8 Å². The van der Waals surface area contributed by atoms with Crippen LogP contribution in [0.15, 0.2) is 54.7 Å². The number of nitrogens with zero attached hydrogens (tertiary/aromatic N) is 2. The number of rotatable bonds is 5. The molecule has 2 aromatic carbocycles. The second-order valence-electron chi connectivity index (χ2n) is 5.82. The zero-order chi connectivity index (χ0) is 18.5. The van der Waals surface area contributed by atoms with Gasteiger partial charge in [-0.25, -0.2) is 9.97 Å². The fraction of sp³-hybridized carbons (Fsp3) is 0.150. The Kier molecular flexibility index (Phi) is 5.12. The molecule has 0 saturated heterocycles. The van der Waals surface area contributed by atoms with Crippen molar-refractivity contribution in [2.45, 2.75) is 13.8 Å². The lowest BCUT2D eigenvalue weighted by atomic mass is 10.1. The molecule has 0 atom stereocenters. The molecular formula is C20H20N4O2. The van der Waals surface area contributed by atoms with E-state index in [0.29, 0.717) is 17.4 Å². The van der Waals surface area contributed by atoms with E-state index in [9.17, 15) is 4.79 Å². The molecule has 0 fully saturated rings. The number of anilines is 3. The molecule has 0 saturated carbocycles. The van der Waals surface area contributed by atoms with Crippen LogP contribution >= 0.6 is 0 Å². The third-order valence-corrected chi connectivity index (χ3v) is 4.07. The number of ether oxygens (including phenoxy) is 1. The molecule has 0 aliphatic carbocycles. The summed E-state index contributed by atoms with van der Waals surface area (Å²) in [7, 11) is 1.58. The summed E-state index contributed by atoms with van der Waals surface area (Å²) in [6.07, 6.45) is 1.56. The van der Waals surface area contributed by atoms with E-state index < -0.39 is 0 Å². The maximum Gasteiger partial charge on any atom is 0.274 e. The first-order valence-corrected chi connectivity index (χ1v) is 8.18. The van der Waals surface area contributed by atoms with Gasteiger partial charge >= 0.3 is 0 Å². The molecular weight excluding hydrogens is 328 g/mol. The van der Waals surface area contributed by atoms with Crippen LogP contribution in [0.25, 0.3) is 0 Å². The average molecular weight is 348 g/mol. The van der Waals surface area contributed by atoms with Crippen molar-refractivity contribution in [2.24, 2.45) is 0 Å². The van der Waals surface area contributed by atoms with Crippen LogP contribution < -0.4 is 15.4 Å². The maximum atomic E-state index is 12.5. The Labute approximate surface area is 152 Å². The van der Waals surface area contributed by atoms with Gasteiger partial charge in [0.25, 0.3) is 5.91 Å². The van der Waals surface area contributed by atoms with Crippen LogP contribution in [0.2, 0.25) is 0 Å². The molecule has 0 aliphatic heterocycles. The number of carbonyl (C=O) groups is 1. The zero-order valence-corrected chi connectivity index (χ0v) is 14.9. The van der Waals surface area contributed by atoms with E-state index in [1.54, 1.807) is 31.5 Å². The van der Waals surface area contributed by atoms with Crippen molar-refractivity contribution in [3.63, 3.8) is 0 Å². The molecule has 1 heterocycles. The van der Waals surface area contributed by atoms with Crippen LogP contribution in [0.5, 0.6) is 5.75 Å². The van der Waals surface area contributed by atoms with Gasteiger partial charge in [0.05, 0.1) is 7.11 Å². The van der Waals surface area contributed by atoms with E-state index in [0.717, 1.165) is 11.3 Å². The summed E-state index contributed by atoms with van der Waals surface area (Å²) in [5.41, 5.74) is 4.10. The Bertz CT molecular complexity index is 941. The van der Waals surface area contributed by atoms with Crippen molar-refractivity contribution in [1.82, 2.24) is 9.97 Å². The Hall–Kier alpha value is -3.41. The SMILES string of the molecule is COc1cccc(NC(=O)c2ccnc(Nc3cccc(C)c3C)n2)c1. The lowest BCUT2D eigenvalue weighted by Gasteiger charge is -2.11. The summed E-state index contributed by atoms with van der Waals surface area (Å²) in [5.74, 6) is 0.726. The van der Waals surface area contributed by atoms with Gasteiger partial charge < -0.3 is 15.4 Å². The van der Waals surface area contributed by atoms with Gasteiger partial charge in [-0.1, -0.05) is 18.2 Å². The maximum absolute atomic E-state index is 12.5. The second-order valence-corrected chi connectivity index (χ2v) is 5.82. The van der Waals surface area contributed by atoms with Gasteiger partial charge in [-0.3, -0.25) is 4.79 Å². The third-order valence-electron chi connectivity index (χ3n) is 4.07. The minimum atomic E-state index is -0.315. The smallest absolute Gasteiger partial charge is 0.274 e. The highest BCUT2D eigenvalue weighted by molar-refractivity contribution is 6.03. The molecule has 6 nitrogen and oxygen atoms in total. The van der Waals surface area contributed by atoms with Gasteiger partial charge in [-0.15, -0.1) is 0 Å². The quantitative estimate of drug-likeness (QED) is 0.726. The Morgan fingerprint density at radius 1 is 1.08 bits per heavy atom. The lowest BCUT2D eigenvalue weighted by Crippen LogP contribution is -2.15. The van der Waals surface area contributed by atoms with Crippen molar-refractivity contribution < 1.29 is 9.53 Å².